The number of carbonyl (C=O) groups is 2. The highest BCUT2D eigenvalue weighted by Gasteiger charge is 2.50. The van der Waals surface area contributed by atoms with Crippen molar-refractivity contribution in [2.75, 3.05) is 20.3 Å². The molecule has 0 spiro atoms. The number of hydrogen-bond donors (Lipinski definition) is 1. The third-order valence-electron chi connectivity index (χ3n) is 4.53. The second kappa shape index (κ2) is 8.97. The number of aliphatic hydroxyl groups is 1. The normalized spacial score (nSPS) is 23.9. The van der Waals surface area contributed by atoms with Crippen LogP contribution in [0.4, 0.5) is 0 Å². The molecule has 1 aliphatic heterocycles. The van der Waals surface area contributed by atoms with E-state index in [2.05, 4.69) is 0 Å². The Kier molecular flexibility index (Phi) is 6.41. The summed E-state index contributed by atoms with van der Waals surface area (Å²) in [5.41, 5.74) is 0.811. The lowest BCUT2D eigenvalue weighted by molar-refractivity contribution is -0.262. The van der Waals surface area contributed by atoms with Gasteiger partial charge in [-0.3, -0.25) is 0 Å². The molecule has 0 radical (unpaired) electrons. The number of rotatable bonds is 7. The summed E-state index contributed by atoms with van der Waals surface area (Å²) in [5, 5.41) is 10.4. The molecule has 1 fully saturated rings. The average Bonchev–Trinajstić information content (AvgIpc) is 3.07. The van der Waals surface area contributed by atoms with Gasteiger partial charge in [0.1, 0.15) is 19.3 Å². The van der Waals surface area contributed by atoms with Crippen molar-refractivity contribution in [1.29, 1.82) is 0 Å². The van der Waals surface area contributed by atoms with Crippen LogP contribution in [0.5, 0.6) is 0 Å². The summed E-state index contributed by atoms with van der Waals surface area (Å²) in [7, 11) is 1.36. The van der Waals surface area contributed by atoms with Gasteiger partial charge in [-0.15, -0.1) is 0 Å². The first-order chi connectivity index (χ1) is 13.5. The van der Waals surface area contributed by atoms with Crippen LogP contribution in [0.15, 0.2) is 60.7 Å². The number of esters is 2. The molecule has 1 saturated heterocycles. The van der Waals surface area contributed by atoms with E-state index < -0.39 is 29.9 Å². The molecule has 2 aromatic rings. The zero-order valence-electron chi connectivity index (χ0n) is 15.4. The Morgan fingerprint density at radius 2 is 1.54 bits per heavy atom. The third kappa shape index (κ3) is 4.56. The minimum absolute atomic E-state index is 0.0530. The fourth-order valence-electron chi connectivity index (χ4n) is 2.96. The fourth-order valence-corrected chi connectivity index (χ4v) is 2.96. The van der Waals surface area contributed by atoms with Crippen LogP contribution in [-0.2, 0) is 18.9 Å². The summed E-state index contributed by atoms with van der Waals surface area (Å²) in [4.78, 5) is 24.2. The van der Waals surface area contributed by atoms with Crippen LogP contribution < -0.4 is 0 Å². The van der Waals surface area contributed by atoms with Gasteiger partial charge in [0.15, 0.2) is 0 Å². The van der Waals surface area contributed by atoms with Crippen LogP contribution in [-0.4, -0.2) is 55.4 Å². The SMILES string of the molecule is COC1(COC(=O)c2ccccc2)O[C@H](COC(=O)c2ccccc2)C[C@@H]1O. The number of carbonyl (C=O) groups excluding carboxylic acids is 2. The molecule has 1 N–H and O–H groups in total. The molecule has 0 saturated carbocycles. The van der Waals surface area contributed by atoms with Crippen molar-refractivity contribution in [3.8, 4) is 0 Å². The quantitative estimate of drug-likeness (QED) is 0.730. The molecule has 2 aromatic carbocycles. The summed E-state index contributed by atoms with van der Waals surface area (Å²) < 4.78 is 21.6. The van der Waals surface area contributed by atoms with E-state index in [-0.39, 0.29) is 19.6 Å². The van der Waals surface area contributed by atoms with Crippen molar-refractivity contribution >= 4 is 11.9 Å². The maximum absolute atomic E-state index is 12.1. The van der Waals surface area contributed by atoms with E-state index in [1.165, 1.54) is 7.11 Å². The van der Waals surface area contributed by atoms with Gasteiger partial charge in [0, 0.05) is 13.5 Å². The summed E-state index contributed by atoms with van der Waals surface area (Å²) in [6.45, 7) is -0.343. The molecular formula is C21H22O7. The maximum Gasteiger partial charge on any atom is 0.338 e. The monoisotopic (exact) mass is 386 g/mol. The largest absolute Gasteiger partial charge is 0.459 e. The van der Waals surface area contributed by atoms with E-state index >= 15 is 0 Å². The van der Waals surface area contributed by atoms with Crippen LogP contribution in [0.1, 0.15) is 27.1 Å². The van der Waals surface area contributed by atoms with Crippen molar-refractivity contribution in [1.82, 2.24) is 0 Å². The van der Waals surface area contributed by atoms with Gasteiger partial charge >= 0.3 is 11.9 Å². The average molecular weight is 386 g/mol. The van der Waals surface area contributed by atoms with Crippen molar-refractivity contribution in [3.05, 3.63) is 71.8 Å². The fraction of sp³-hybridized carbons (Fsp3) is 0.333. The molecule has 28 heavy (non-hydrogen) atoms. The van der Waals surface area contributed by atoms with Crippen molar-refractivity contribution < 1.29 is 33.6 Å². The van der Waals surface area contributed by atoms with E-state index in [1.807, 2.05) is 0 Å². The number of benzene rings is 2. The molecule has 3 atom stereocenters. The van der Waals surface area contributed by atoms with Gasteiger partial charge < -0.3 is 24.1 Å². The van der Waals surface area contributed by atoms with Gasteiger partial charge in [0.25, 0.3) is 0 Å². The summed E-state index contributed by atoms with van der Waals surface area (Å²) in [5.74, 6) is -2.54. The Bertz CT molecular complexity index is 793. The van der Waals surface area contributed by atoms with E-state index in [9.17, 15) is 14.7 Å². The Labute approximate surface area is 162 Å². The second-order valence-electron chi connectivity index (χ2n) is 6.41. The lowest BCUT2D eigenvalue weighted by atomic mass is 10.1. The Hall–Kier alpha value is -2.74. The van der Waals surface area contributed by atoms with Gasteiger partial charge in [-0.25, -0.2) is 9.59 Å². The molecule has 0 aliphatic carbocycles. The minimum Gasteiger partial charge on any atom is -0.459 e. The maximum atomic E-state index is 12.1. The first kappa shape index (κ1) is 20.0. The molecule has 0 aromatic heterocycles. The zero-order valence-corrected chi connectivity index (χ0v) is 15.4. The van der Waals surface area contributed by atoms with E-state index in [1.54, 1.807) is 60.7 Å². The summed E-state index contributed by atoms with van der Waals surface area (Å²) in [6, 6.07) is 17.1. The molecule has 0 amide bonds. The van der Waals surface area contributed by atoms with Gasteiger partial charge in [-0.05, 0) is 24.3 Å². The smallest absolute Gasteiger partial charge is 0.338 e. The predicted octanol–water partition coefficient (Wildman–Crippen LogP) is 2.19. The second-order valence-corrected chi connectivity index (χ2v) is 6.41. The summed E-state index contributed by atoms with van der Waals surface area (Å²) >= 11 is 0. The lowest BCUT2D eigenvalue weighted by Gasteiger charge is -2.29. The lowest BCUT2D eigenvalue weighted by Crippen LogP contribution is -2.46. The standard InChI is InChI=1S/C21H22O7/c1-25-21(14-27-20(24)16-10-6-3-7-11-16)18(22)12-17(28-21)13-26-19(23)15-8-4-2-5-9-15/h2-11,17-18,22H,12-14H2,1H3/t17-,18-,21?/m0/s1. The first-order valence-corrected chi connectivity index (χ1v) is 8.89. The molecule has 0 bridgehead atoms. The van der Waals surface area contributed by atoms with E-state index in [4.69, 9.17) is 18.9 Å². The molecule has 7 nitrogen and oxygen atoms in total. The van der Waals surface area contributed by atoms with Gasteiger partial charge in [-0.2, -0.15) is 0 Å². The Morgan fingerprint density at radius 3 is 2.07 bits per heavy atom. The van der Waals surface area contributed by atoms with Crippen molar-refractivity contribution in [2.24, 2.45) is 0 Å². The van der Waals surface area contributed by atoms with Crippen molar-refractivity contribution in [3.63, 3.8) is 0 Å². The van der Waals surface area contributed by atoms with Crippen LogP contribution in [0.2, 0.25) is 0 Å². The van der Waals surface area contributed by atoms with Crippen molar-refractivity contribution in [2.45, 2.75) is 24.4 Å². The van der Waals surface area contributed by atoms with E-state index in [0.29, 0.717) is 11.1 Å². The highest BCUT2D eigenvalue weighted by Crippen LogP contribution is 2.32. The third-order valence-corrected chi connectivity index (χ3v) is 4.53. The molecule has 3 rings (SSSR count). The number of hydrogen-bond acceptors (Lipinski definition) is 7. The predicted molar refractivity (Wildman–Crippen MR) is 98.7 cm³/mol. The highest BCUT2D eigenvalue weighted by atomic mass is 16.7. The Morgan fingerprint density at radius 1 is 1.00 bits per heavy atom. The highest BCUT2D eigenvalue weighted by molar-refractivity contribution is 5.89. The Balaban J connectivity index is 1.55. The molecule has 148 valence electrons. The molecule has 1 unspecified atom stereocenters. The minimum atomic E-state index is -1.51. The zero-order chi connectivity index (χ0) is 20.0. The molecule has 7 heteroatoms. The molecule has 1 aliphatic rings. The number of aliphatic hydroxyl groups excluding tert-OH is 1. The van der Waals surface area contributed by atoms with Gasteiger partial charge in [-0.1, -0.05) is 36.4 Å². The van der Waals surface area contributed by atoms with Crippen LogP contribution in [0.3, 0.4) is 0 Å². The number of methoxy groups -OCH3 is 1. The summed E-state index contributed by atoms with van der Waals surface area (Å²) in [6.07, 6.45) is -1.45. The van der Waals surface area contributed by atoms with E-state index in [0.717, 1.165) is 0 Å². The van der Waals surface area contributed by atoms with Gasteiger partial charge in [0.2, 0.25) is 5.79 Å². The van der Waals surface area contributed by atoms with Crippen LogP contribution >= 0.6 is 0 Å². The van der Waals surface area contributed by atoms with Gasteiger partial charge in [0.05, 0.1) is 17.2 Å². The topological polar surface area (TPSA) is 91.3 Å². The molecule has 1 heterocycles. The van der Waals surface area contributed by atoms with Crippen LogP contribution in [0.25, 0.3) is 0 Å². The molecular weight excluding hydrogens is 364 g/mol. The van der Waals surface area contributed by atoms with Crippen LogP contribution in [0, 0.1) is 0 Å². The number of ether oxygens (including phenoxy) is 4. The first-order valence-electron chi connectivity index (χ1n) is 8.89.